The molecule has 5 aromatic rings. The summed E-state index contributed by atoms with van der Waals surface area (Å²) in [6, 6.07) is 21.5. The molecule has 0 fully saturated rings. The number of thiazole rings is 1. The summed E-state index contributed by atoms with van der Waals surface area (Å²) in [6.07, 6.45) is 0.612. The molecule has 0 aliphatic heterocycles. The SMILES string of the molecule is O=C(Nc1cccc2sc(Cc3ccccc3Cl)nc12)c1cccc2ccc(=O)oc12. The van der Waals surface area contributed by atoms with Crippen LogP contribution in [0.1, 0.15) is 20.9 Å². The Morgan fingerprint density at radius 3 is 2.71 bits per heavy atom. The van der Waals surface area contributed by atoms with Gasteiger partial charge in [0.2, 0.25) is 0 Å². The number of nitrogens with one attached hydrogen (secondary N) is 1. The van der Waals surface area contributed by atoms with Gasteiger partial charge < -0.3 is 9.73 Å². The number of hydrogen-bond donors (Lipinski definition) is 1. The van der Waals surface area contributed by atoms with Crippen LogP contribution in [0.2, 0.25) is 5.02 Å². The highest BCUT2D eigenvalue weighted by Gasteiger charge is 2.16. The number of benzene rings is 3. The van der Waals surface area contributed by atoms with E-state index in [1.54, 1.807) is 41.7 Å². The summed E-state index contributed by atoms with van der Waals surface area (Å²) < 4.78 is 6.24. The fraction of sp³-hybridized carbons (Fsp3) is 0.0417. The Morgan fingerprint density at radius 2 is 1.84 bits per heavy atom. The molecule has 0 saturated heterocycles. The summed E-state index contributed by atoms with van der Waals surface area (Å²) in [5, 5.41) is 5.21. The van der Waals surface area contributed by atoms with Crippen LogP contribution in [0.4, 0.5) is 5.69 Å². The third kappa shape index (κ3) is 3.83. The maximum absolute atomic E-state index is 13.0. The van der Waals surface area contributed by atoms with E-state index in [-0.39, 0.29) is 11.5 Å². The molecule has 5 nitrogen and oxygen atoms in total. The Bertz CT molecular complexity index is 1510. The van der Waals surface area contributed by atoms with E-state index in [2.05, 4.69) is 5.32 Å². The van der Waals surface area contributed by atoms with E-state index in [4.69, 9.17) is 21.0 Å². The van der Waals surface area contributed by atoms with Gasteiger partial charge in [0.05, 0.1) is 21.0 Å². The van der Waals surface area contributed by atoms with Crippen molar-refractivity contribution in [2.75, 3.05) is 5.32 Å². The Kier molecular flexibility index (Phi) is 5.02. The molecule has 0 atom stereocenters. The standard InChI is InChI=1S/C24H15ClN2O3S/c25-17-8-2-1-5-15(17)13-20-27-22-18(9-4-10-19(22)31-20)26-24(29)16-7-3-6-14-11-12-21(28)30-23(14)16/h1-12H,13H2,(H,26,29). The van der Waals surface area contributed by atoms with E-state index in [9.17, 15) is 9.59 Å². The van der Waals surface area contributed by atoms with E-state index < -0.39 is 5.63 Å². The number of halogens is 1. The Balaban J connectivity index is 1.49. The van der Waals surface area contributed by atoms with Gasteiger partial charge in [-0.15, -0.1) is 11.3 Å². The van der Waals surface area contributed by atoms with Gasteiger partial charge in [-0.05, 0) is 35.9 Å². The number of anilines is 1. The van der Waals surface area contributed by atoms with Crippen molar-refractivity contribution in [3.05, 3.63) is 104 Å². The lowest BCUT2D eigenvalue weighted by atomic mass is 10.1. The van der Waals surface area contributed by atoms with Crippen LogP contribution in [0.5, 0.6) is 0 Å². The molecule has 0 aliphatic rings. The number of para-hydroxylation sites is 2. The summed E-state index contributed by atoms with van der Waals surface area (Å²) >= 11 is 7.85. The number of nitrogens with zero attached hydrogens (tertiary/aromatic N) is 1. The molecule has 7 heteroatoms. The molecule has 0 radical (unpaired) electrons. The van der Waals surface area contributed by atoms with Crippen molar-refractivity contribution in [3.63, 3.8) is 0 Å². The predicted molar refractivity (Wildman–Crippen MR) is 124 cm³/mol. The number of fused-ring (bicyclic) bond motifs is 2. The highest BCUT2D eigenvalue weighted by atomic mass is 35.5. The van der Waals surface area contributed by atoms with Gasteiger partial charge in [0.25, 0.3) is 5.91 Å². The zero-order chi connectivity index (χ0) is 21.4. The second kappa shape index (κ2) is 7.98. The minimum absolute atomic E-state index is 0.261. The molecule has 1 amide bonds. The Hall–Kier alpha value is -3.48. The van der Waals surface area contributed by atoms with Crippen LogP contribution in [-0.4, -0.2) is 10.9 Å². The Morgan fingerprint density at radius 1 is 1.00 bits per heavy atom. The molecular weight excluding hydrogens is 432 g/mol. The first kappa shape index (κ1) is 19.5. The van der Waals surface area contributed by atoms with Gasteiger partial charge in [0.1, 0.15) is 5.52 Å². The maximum atomic E-state index is 13.0. The topological polar surface area (TPSA) is 72.2 Å². The van der Waals surface area contributed by atoms with Crippen LogP contribution in [0.25, 0.3) is 21.2 Å². The van der Waals surface area contributed by atoms with Crippen molar-refractivity contribution >= 4 is 55.7 Å². The van der Waals surface area contributed by atoms with Crippen molar-refractivity contribution in [1.29, 1.82) is 0 Å². The number of carbonyl (C=O) groups is 1. The maximum Gasteiger partial charge on any atom is 0.336 e. The average molecular weight is 447 g/mol. The molecule has 2 heterocycles. The molecule has 5 rings (SSSR count). The lowest BCUT2D eigenvalue weighted by Crippen LogP contribution is -2.13. The van der Waals surface area contributed by atoms with Gasteiger partial charge in [-0.1, -0.05) is 48.0 Å². The zero-order valence-electron chi connectivity index (χ0n) is 16.1. The highest BCUT2D eigenvalue weighted by Crippen LogP contribution is 2.31. The number of hydrogen-bond acceptors (Lipinski definition) is 5. The lowest BCUT2D eigenvalue weighted by Gasteiger charge is -2.07. The first-order valence-corrected chi connectivity index (χ1v) is 10.7. The normalized spacial score (nSPS) is 11.1. The second-order valence-corrected chi connectivity index (χ2v) is 8.48. The average Bonchev–Trinajstić information content (AvgIpc) is 3.18. The van der Waals surface area contributed by atoms with Gasteiger partial charge in [0, 0.05) is 22.9 Å². The number of amides is 1. The molecule has 0 unspecified atom stereocenters. The monoisotopic (exact) mass is 446 g/mol. The zero-order valence-corrected chi connectivity index (χ0v) is 17.7. The molecule has 152 valence electrons. The first-order valence-electron chi connectivity index (χ1n) is 9.54. The van der Waals surface area contributed by atoms with Gasteiger partial charge in [0.15, 0.2) is 5.58 Å². The van der Waals surface area contributed by atoms with Crippen LogP contribution in [0.3, 0.4) is 0 Å². The van der Waals surface area contributed by atoms with Crippen molar-refractivity contribution in [2.45, 2.75) is 6.42 Å². The summed E-state index contributed by atoms with van der Waals surface area (Å²) in [4.78, 5) is 29.4. The Labute approximate surface area is 185 Å². The largest absolute Gasteiger partial charge is 0.422 e. The van der Waals surface area contributed by atoms with Crippen molar-refractivity contribution in [1.82, 2.24) is 4.98 Å². The van der Waals surface area contributed by atoms with E-state index in [0.29, 0.717) is 33.6 Å². The summed E-state index contributed by atoms with van der Waals surface area (Å²) in [5.74, 6) is -0.367. The molecule has 2 aromatic heterocycles. The van der Waals surface area contributed by atoms with Crippen LogP contribution in [0, 0.1) is 0 Å². The van der Waals surface area contributed by atoms with Gasteiger partial charge >= 0.3 is 5.63 Å². The van der Waals surface area contributed by atoms with Crippen molar-refractivity contribution in [2.24, 2.45) is 0 Å². The number of carbonyl (C=O) groups excluding carboxylic acids is 1. The molecular formula is C24H15ClN2O3S. The van der Waals surface area contributed by atoms with Crippen molar-refractivity contribution < 1.29 is 9.21 Å². The van der Waals surface area contributed by atoms with Gasteiger partial charge in [-0.2, -0.15) is 0 Å². The van der Waals surface area contributed by atoms with Crippen LogP contribution < -0.4 is 10.9 Å². The predicted octanol–water partition coefficient (Wildman–Crippen LogP) is 5.90. The molecule has 0 spiro atoms. The molecule has 0 bridgehead atoms. The fourth-order valence-corrected chi connectivity index (χ4v) is 4.66. The second-order valence-electron chi connectivity index (χ2n) is 6.96. The summed E-state index contributed by atoms with van der Waals surface area (Å²) in [6.45, 7) is 0. The molecule has 0 aliphatic carbocycles. The quantitative estimate of drug-likeness (QED) is 0.349. The number of aromatic nitrogens is 1. The molecule has 1 N–H and O–H groups in total. The van der Waals surface area contributed by atoms with E-state index in [1.807, 2.05) is 36.4 Å². The number of rotatable bonds is 4. The third-order valence-electron chi connectivity index (χ3n) is 4.90. The van der Waals surface area contributed by atoms with Crippen LogP contribution in [0.15, 0.2) is 82.0 Å². The van der Waals surface area contributed by atoms with Crippen molar-refractivity contribution in [3.8, 4) is 0 Å². The summed E-state index contributed by atoms with van der Waals surface area (Å²) in [7, 11) is 0. The first-order chi connectivity index (χ1) is 15.1. The molecule has 0 saturated carbocycles. The molecule has 31 heavy (non-hydrogen) atoms. The minimum atomic E-state index is -0.501. The highest BCUT2D eigenvalue weighted by molar-refractivity contribution is 7.18. The van der Waals surface area contributed by atoms with E-state index >= 15 is 0 Å². The van der Waals surface area contributed by atoms with Gasteiger partial charge in [-0.25, -0.2) is 9.78 Å². The minimum Gasteiger partial charge on any atom is -0.422 e. The lowest BCUT2D eigenvalue weighted by molar-refractivity contribution is 0.102. The third-order valence-corrected chi connectivity index (χ3v) is 6.29. The van der Waals surface area contributed by atoms with Crippen LogP contribution >= 0.6 is 22.9 Å². The fourth-order valence-electron chi connectivity index (χ4n) is 3.44. The van der Waals surface area contributed by atoms with E-state index in [1.165, 1.54) is 6.07 Å². The summed E-state index contributed by atoms with van der Waals surface area (Å²) in [5.41, 5.74) is 2.36. The van der Waals surface area contributed by atoms with Gasteiger partial charge in [-0.3, -0.25) is 4.79 Å². The van der Waals surface area contributed by atoms with Crippen LogP contribution in [-0.2, 0) is 6.42 Å². The smallest absolute Gasteiger partial charge is 0.336 e. The molecule has 3 aromatic carbocycles. The van der Waals surface area contributed by atoms with E-state index in [0.717, 1.165) is 15.3 Å².